The van der Waals surface area contributed by atoms with E-state index < -0.39 is 29.8 Å². The number of aliphatic carboxylic acids is 1. The number of nitrogens with zero attached hydrogens (tertiary/aromatic N) is 1. The van der Waals surface area contributed by atoms with E-state index in [9.17, 15) is 19.5 Å². The van der Waals surface area contributed by atoms with Gasteiger partial charge in [-0.05, 0) is 39.7 Å². The van der Waals surface area contributed by atoms with Crippen LogP contribution in [0.1, 0.15) is 40.5 Å². The average molecular weight is 370 g/mol. The molecule has 2 aliphatic rings. The Hall–Kier alpha value is -2.13. The lowest BCUT2D eigenvalue weighted by molar-refractivity contribution is -0.303. The molecule has 146 valence electrons. The zero-order chi connectivity index (χ0) is 19.6. The van der Waals surface area contributed by atoms with Crippen molar-refractivity contribution in [3.8, 4) is 0 Å². The minimum Gasteiger partial charge on any atom is -0.480 e. The molecule has 26 heavy (non-hydrogen) atoms. The summed E-state index contributed by atoms with van der Waals surface area (Å²) in [7, 11) is 1.18. The molecular formula is C17H26N2O7. The topological polar surface area (TPSA) is 114 Å². The van der Waals surface area contributed by atoms with Crippen LogP contribution in [0.5, 0.6) is 0 Å². The highest BCUT2D eigenvalue weighted by Crippen LogP contribution is 2.38. The van der Waals surface area contributed by atoms with Crippen molar-refractivity contribution < 1.29 is 33.7 Å². The van der Waals surface area contributed by atoms with Gasteiger partial charge in [-0.1, -0.05) is 0 Å². The maximum atomic E-state index is 13.0. The number of carboxylic acids is 1. The number of carbonyl (C=O) groups excluding carboxylic acids is 2. The fourth-order valence-electron chi connectivity index (χ4n) is 3.46. The van der Waals surface area contributed by atoms with Gasteiger partial charge in [0, 0.05) is 6.42 Å². The Kier molecular flexibility index (Phi) is 5.92. The Balaban J connectivity index is 2.30. The molecule has 2 heterocycles. The van der Waals surface area contributed by atoms with E-state index >= 15 is 0 Å². The maximum Gasteiger partial charge on any atom is 0.411 e. The summed E-state index contributed by atoms with van der Waals surface area (Å²) in [4.78, 5) is 37.4. The fourth-order valence-corrected chi connectivity index (χ4v) is 3.46. The zero-order valence-electron chi connectivity index (χ0n) is 15.7. The summed E-state index contributed by atoms with van der Waals surface area (Å²) in [6.07, 6.45) is -0.311. The van der Waals surface area contributed by atoms with Gasteiger partial charge in [-0.25, -0.2) is 9.59 Å². The molecular weight excluding hydrogens is 344 g/mol. The molecule has 0 aromatic rings. The Bertz CT molecular complexity index is 617. The van der Waals surface area contributed by atoms with E-state index in [4.69, 9.17) is 9.47 Å². The van der Waals surface area contributed by atoms with Gasteiger partial charge in [0.15, 0.2) is 5.79 Å². The van der Waals surface area contributed by atoms with Gasteiger partial charge >= 0.3 is 12.1 Å². The van der Waals surface area contributed by atoms with Crippen LogP contribution in [0.15, 0.2) is 11.3 Å². The summed E-state index contributed by atoms with van der Waals surface area (Å²) < 4.78 is 16.3. The number of methoxy groups -OCH3 is 1. The standard InChI is InChI=1S/C17H26N2O7/c1-9(2)13(18-16(23)24-5)14(20)19-8-17(7-12(19)15(21)22)25-10(3)6-11(4)26-17/h10-12H,6-8H2,1-5H3,(H,18,23)(H,21,22)/t10-,11-,12-/m0/s1. The summed E-state index contributed by atoms with van der Waals surface area (Å²) in [5, 5.41) is 12.0. The quantitative estimate of drug-likeness (QED) is 0.718. The second kappa shape index (κ2) is 7.63. The molecule has 0 saturated carbocycles. The van der Waals surface area contributed by atoms with Gasteiger partial charge < -0.3 is 24.2 Å². The number of carboxylic acid groups (broad SMARTS) is 1. The Morgan fingerprint density at radius 1 is 1.19 bits per heavy atom. The van der Waals surface area contributed by atoms with Crippen molar-refractivity contribution in [3.05, 3.63) is 11.3 Å². The van der Waals surface area contributed by atoms with Crippen LogP contribution in [-0.2, 0) is 23.8 Å². The normalized spacial score (nSPS) is 30.8. The first-order valence-electron chi connectivity index (χ1n) is 8.50. The van der Waals surface area contributed by atoms with E-state index in [1.165, 1.54) is 12.0 Å². The summed E-state index contributed by atoms with van der Waals surface area (Å²) in [6, 6.07) is -1.12. The molecule has 0 aromatic heterocycles. The molecule has 0 aliphatic carbocycles. The number of nitrogens with one attached hydrogen (secondary N) is 1. The van der Waals surface area contributed by atoms with Crippen molar-refractivity contribution in [2.45, 2.75) is 64.6 Å². The Morgan fingerprint density at radius 3 is 2.23 bits per heavy atom. The van der Waals surface area contributed by atoms with Gasteiger partial charge in [-0.2, -0.15) is 0 Å². The van der Waals surface area contributed by atoms with Crippen molar-refractivity contribution >= 4 is 18.0 Å². The molecule has 9 nitrogen and oxygen atoms in total. The van der Waals surface area contributed by atoms with E-state index in [2.05, 4.69) is 10.1 Å². The van der Waals surface area contributed by atoms with Crippen LogP contribution in [0.4, 0.5) is 4.79 Å². The molecule has 0 radical (unpaired) electrons. The highest BCUT2D eigenvalue weighted by atomic mass is 16.7. The van der Waals surface area contributed by atoms with E-state index in [1.807, 2.05) is 13.8 Å². The average Bonchev–Trinajstić information content (AvgIpc) is 2.89. The van der Waals surface area contributed by atoms with Crippen LogP contribution in [0.3, 0.4) is 0 Å². The van der Waals surface area contributed by atoms with Crippen molar-refractivity contribution in [3.63, 3.8) is 0 Å². The van der Waals surface area contributed by atoms with Crippen molar-refractivity contribution in [2.24, 2.45) is 0 Å². The first-order chi connectivity index (χ1) is 12.1. The number of alkyl carbamates (subject to hydrolysis) is 1. The van der Waals surface area contributed by atoms with Crippen LogP contribution in [0.2, 0.25) is 0 Å². The van der Waals surface area contributed by atoms with Crippen LogP contribution in [0, 0.1) is 0 Å². The Labute approximate surface area is 152 Å². The van der Waals surface area contributed by atoms with E-state index in [0.717, 1.165) is 0 Å². The number of hydrogen-bond donors (Lipinski definition) is 2. The third-order valence-electron chi connectivity index (χ3n) is 4.46. The van der Waals surface area contributed by atoms with Gasteiger partial charge in [0.05, 0.1) is 25.9 Å². The number of allylic oxidation sites excluding steroid dienone is 1. The number of carbonyl (C=O) groups is 3. The van der Waals surface area contributed by atoms with Crippen LogP contribution in [-0.4, -0.2) is 65.7 Å². The van der Waals surface area contributed by atoms with Gasteiger partial charge in [-0.3, -0.25) is 10.1 Å². The second-order valence-corrected chi connectivity index (χ2v) is 6.99. The van der Waals surface area contributed by atoms with Gasteiger partial charge in [0.2, 0.25) is 0 Å². The highest BCUT2D eigenvalue weighted by Gasteiger charge is 2.54. The number of ether oxygens (including phenoxy) is 3. The van der Waals surface area contributed by atoms with Crippen molar-refractivity contribution in [2.75, 3.05) is 13.7 Å². The molecule has 9 heteroatoms. The second-order valence-electron chi connectivity index (χ2n) is 6.99. The molecule has 2 N–H and O–H groups in total. The molecule has 0 bridgehead atoms. The third-order valence-corrected chi connectivity index (χ3v) is 4.46. The monoisotopic (exact) mass is 370 g/mol. The lowest BCUT2D eigenvalue weighted by atomic mass is 10.1. The summed E-state index contributed by atoms with van der Waals surface area (Å²) in [5.41, 5.74) is 0.509. The maximum absolute atomic E-state index is 13.0. The zero-order valence-corrected chi connectivity index (χ0v) is 15.7. The minimum atomic E-state index is -1.16. The number of rotatable bonds is 3. The number of hydrogen-bond acceptors (Lipinski definition) is 6. The molecule has 2 saturated heterocycles. The summed E-state index contributed by atoms with van der Waals surface area (Å²) in [5.74, 6) is -2.93. The fraction of sp³-hybridized carbons (Fsp3) is 0.706. The number of amides is 2. The lowest BCUT2D eigenvalue weighted by Gasteiger charge is -2.40. The van der Waals surface area contributed by atoms with Gasteiger partial charge in [0.25, 0.3) is 5.91 Å². The minimum absolute atomic E-state index is 0.0166. The molecule has 2 aliphatic heterocycles. The first kappa shape index (κ1) is 20.2. The molecule has 2 fully saturated rings. The van der Waals surface area contributed by atoms with Crippen LogP contribution in [0.25, 0.3) is 0 Å². The third kappa shape index (κ3) is 4.16. The van der Waals surface area contributed by atoms with E-state index in [0.29, 0.717) is 12.0 Å². The Morgan fingerprint density at radius 2 is 1.77 bits per heavy atom. The van der Waals surface area contributed by atoms with E-state index in [1.54, 1.807) is 13.8 Å². The predicted octanol–water partition coefficient (Wildman–Crippen LogP) is 1.23. The first-order valence-corrected chi connectivity index (χ1v) is 8.50. The molecule has 1 spiro atoms. The van der Waals surface area contributed by atoms with Crippen molar-refractivity contribution in [1.29, 1.82) is 0 Å². The molecule has 0 aromatic carbocycles. The SMILES string of the molecule is COC(=O)NC(C(=O)N1CC2(C[C@H]1C(=O)O)O[C@@H](C)C[C@H](C)O2)=C(C)C. The smallest absolute Gasteiger partial charge is 0.411 e. The highest BCUT2D eigenvalue weighted by molar-refractivity contribution is 5.99. The molecule has 2 amide bonds. The van der Waals surface area contributed by atoms with Gasteiger partial charge in [0.1, 0.15) is 11.7 Å². The van der Waals surface area contributed by atoms with Crippen LogP contribution >= 0.6 is 0 Å². The lowest BCUT2D eigenvalue weighted by Crippen LogP contribution is -2.50. The molecule has 0 unspecified atom stereocenters. The molecule has 3 atom stereocenters. The van der Waals surface area contributed by atoms with Crippen LogP contribution < -0.4 is 5.32 Å². The predicted molar refractivity (Wildman–Crippen MR) is 90.1 cm³/mol. The largest absolute Gasteiger partial charge is 0.480 e. The van der Waals surface area contributed by atoms with Crippen molar-refractivity contribution in [1.82, 2.24) is 10.2 Å². The van der Waals surface area contributed by atoms with E-state index in [-0.39, 0.29) is 30.9 Å². The summed E-state index contributed by atoms with van der Waals surface area (Å²) >= 11 is 0. The van der Waals surface area contributed by atoms with Gasteiger partial charge in [-0.15, -0.1) is 0 Å². The number of likely N-dealkylation sites (tertiary alicyclic amines) is 1. The molecule has 2 rings (SSSR count). The summed E-state index contributed by atoms with van der Waals surface area (Å²) in [6.45, 7) is 7.03.